The number of carbonyl (C=O) groups excluding carboxylic acids is 4. The minimum absolute atomic E-state index is 0.0246. The van der Waals surface area contributed by atoms with Gasteiger partial charge >= 0.3 is 6.09 Å². The van der Waals surface area contributed by atoms with Crippen molar-refractivity contribution >= 4 is 44.7 Å². The fourth-order valence-electron chi connectivity index (χ4n) is 7.45. The van der Waals surface area contributed by atoms with Crippen molar-refractivity contribution in [3.05, 3.63) is 54.6 Å². The topological polar surface area (TPSA) is 182 Å². The zero-order chi connectivity index (χ0) is 39.3. The van der Waals surface area contributed by atoms with Crippen molar-refractivity contribution in [1.29, 1.82) is 0 Å². The first kappa shape index (κ1) is 38.4. The smallest absolute Gasteiger partial charge is 0.407 e. The molecule has 2 aliphatic carbocycles. The number of amides is 4. The molecule has 4 aliphatic rings. The number of alkyl carbamates (subject to hydrolysis) is 1. The Morgan fingerprint density at radius 1 is 1.04 bits per heavy atom. The minimum atomic E-state index is -3.88. The van der Waals surface area contributed by atoms with Crippen LogP contribution < -0.4 is 24.8 Å². The van der Waals surface area contributed by atoms with E-state index in [0.29, 0.717) is 36.5 Å². The van der Waals surface area contributed by atoms with Gasteiger partial charge in [-0.05, 0) is 54.9 Å². The predicted molar refractivity (Wildman–Crippen MR) is 203 cm³/mol. The highest BCUT2D eigenvalue weighted by Crippen LogP contribution is 2.47. The second-order valence-corrected chi connectivity index (χ2v) is 18.4. The van der Waals surface area contributed by atoms with Crippen molar-refractivity contribution in [2.45, 2.75) is 95.7 Å². The lowest BCUT2D eigenvalue weighted by atomic mass is 9.85. The number of para-hydroxylation sites is 1. The van der Waals surface area contributed by atoms with E-state index in [0.717, 1.165) is 16.5 Å². The molecule has 1 aromatic heterocycles. The molecule has 3 heterocycles. The highest BCUT2D eigenvalue weighted by Gasteiger charge is 2.62. The summed E-state index contributed by atoms with van der Waals surface area (Å²) in [6.45, 7) is 9.40. The van der Waals surface area contributed by atoms with Gasteiger partial charge in [-0.3, -0.25) is 19.1 Å². The van der Waals surface area contributed by atoms with Crippen LogP contribution in [0, 0.1) is 17.3 Å². The van der Waals surface area contributed by atoms with Crippen molar-refractivity contribution in [3.63, 3.8) is 0 Å². The molecule has 2 aliphatic heterocycles. The molecule has 14 nitrogen and oxygen atoms in total. The average molecular weight is 776 g/mol. The number of pyridine rings is 1. The van der Waals surface area contributed by atoms with E-state index in [2.05, 4.69) is 15.4 Å². The maximum absolute atomic E-state index is 14.6. The second kappa shape index (κ2) is 14.6. The van der Waals surface area contributed by atoms with Crippen LogP contribution in [0.4, 0.5) is 4.79 Å². The van der Waals surface area contributed by atoms with Gasteiger partial charge in [-0.2, -0.15) is 0 Å². The standard InChI is InChI=1S/C40H49N5O9S/c1-6-26-19-40(26,37(48)44-55(50,51)29-14-15-29)43-35(46)31-18-28-20-45(31)36(47)34(39(3,4)5)42-38(49)53-22-23(2)21-52-27-12-9-11-25(16-27)33-32(54-28)17-24-10-7-8-13-30(24)41-33/h7-13,16-17,23,26,28-29,31,34H,6,14-15,18-22H2,1-5H3,(H,42,49)(H,43,46)(H,44,48)/t23-,26+,28?,31-,34+,40?/m0/s1. The SMILES string of the molecule is CC[C@@H]1CC1(NC(=O)[C@@H]1CC2CN1C(=O)[C@H](C(C)(C)C)NC(=O)OC[C@@H](C)COc1cccc(c1)-c1nc3ccccc3cc1O2)C(=O)NS(=O)(=O)C1CC1. The number of cyclic esters (lactones) is 1. The molecule has 294 valence electrons. The third kappa shape index (κ3) is 8.07. The number of hydrogen-bond acceptors (Lipinski definition) is 10. The molecule has 4 bridgehead atoms. The zero-order valence-corrected chi connectivity index (χ0v) is 32.6. The van der Waals surface area contributed by atoms with Gasteiger partial charge < -0.3 is 29.7 Å². The summed E-state index contributed by atoms with van der Waals surface area (Å²) in [7, 11) is -3.88. The van der Waals surface area contributed by atoms with Crippen LogP contribution in [0.25, 0.3) is 22.2 Å². The summed E-state index contributed by atoms with van der Waals surface area (Å²) in [5, 5.41) is 5.83. The molecular weight excluding hydrogens is 727 g/mol. The molecule has 7 rings (SSSR count). The lowest BCUT2D eigenvalue weighted by molar-refractivity contribution is -0.143. The molecule has 6 atom stereocenters. The molecule has 2 unspecified atom stereocenters. The number of aromatic nitrogens is 1. The molecular formula is C40H49N5O9S. The lowest BCUT2D eigenvalue weighted by Gasteiger charge is -2.35. The van der Waals surface area contributed by atoms with Crippen LogP contribution in [0.15, 0.2) is 54.6 Å². The van der Waals surface area contributed by atoms with E-state index in [1.807, 2.05) is 68.4 Å². The molecule has 0 spiro atoms. The monoisotopic (exact) mass is 775 g/mol. The molecule has 3 N–H and O–H groups in total. The summed E-state index contributed by atoms with van der Waals surface area (Å²) in [6.07, 6.45) is 0.269. The molecule has 15 heteroatoms. The van der Waals surface area contributed by atoms with Gasteiger partial charge in [0.1, 0.15) is 40.9 Å². The Labute approximate surface area is 321 Å². The first-order valence-electron chi connectivity index (χ1n) is 19.0. The molecule has 2 saturated carbocycles. The number of hydrogen-bond donors (Lipinski definition) is 3. The van der Waals surface area contributed by atoms with E-state index in [1.54, 1.807) is 20.8 Å². The number of ether oxygens (including phenoxy) is 3. The van der Waals surface area contributed by atoms with E-state index in [1.165, 1.54) is 4.90 Å². The molecule has 3 fully saturated rings. The first-order valence-corrected chi connectivity index (χ1v) is 20.5. The number of rotatable bonds is 6. The van der Waals surface area contributed by atoms with Crippen molar-refractivity contribution in [2.24, 2.45) is 17.3 Å². The first-order chi connectivity index (χ1) is 26.1. The molecule has 0 radical (unpaired) electrons. The summed E-state index contributed by atoms with van der Waals surface area (Å²) >= 11 is 0. The van der Waals surface area contributed by atoms with Gasteiger partial charge in [-0.25, -0.2) is 18.2 Å². The van der Waals surface area contributed by atoms with Crippen LogP contribution in [0.5, 0.6) is 11.5 Å². The van der Waals surface area contributed by atoms with Crippen LogP contribution in [0.2, 0.25) is 0 Å². The lowest BCUT2D eigenvalue weighted by Crippen LogP contribution is -2.60. The van der Waals surface area contributed by atoms with Crippen molar-refractivity contribution < 1.29 is 41.8 Å². The Kier molecular flexibility index (Phi) is 10.2. The molecule has 1 saturated heterocycles. The highest BCUT2D eigenvalue weighted by molar-refractivity contribution is 7.91. The molecule has 3 aromatic rings. The quantitative estimate of drug-likeness (QED) is 0.326. The Balaban J connectivity index is 1.26. The minimum Gasteiger partial charge on any atom is -0.493 e. The van der Waals surface area contributed by atoms with Gasteiger partial charge in [0, 0.05) is 23.3 Å². The van der Waals surface area contributed by atoms with Crippen molar-refractivity contribution in [2.75, 3.05) is 19.8 Å². The van der Waals surface area contributed by atoms with E-state index < -0.39 is 68.2 Å². The largest absolute Gasteiger partial charge is 0.493 e. The zero-order valence-electron chi connectivity index (χ0n) is 31.8. The van der Waals surface area contributed by atoms with Crippen molar-refractivity contribution in [1.82, 2.24) is 25.2 Å². The Morgan fingerprint density at radius 3 is 2.49 bits per heavy atom. The van der Waals surface area contributed by atoms with Crippen LogP contribution in [0.3, 0.4) is 0 Å². The molecule has 2 aromatic carbocycles. The summed E-state index contributed by atoms with van der Waals surface area (Å²) < 4.78 is 46.1. The number of carbonyl (C=O) groups is 4. The van der Waals surface area contributed by atoms with Gasteiger partial charge in [0.25, 0.3) is 5.91 Å². The number of nitrogens with zero attached hydrogens (tertiary/aromatic N) is 2. The Morgan fingerprint density at radius 2 is 1.78 bits per heavy atom. The maximum Gasteiger partial charge on any atom is 0.407 e. The van der Waals surface area contributed by atoms with Crippen LogP contribution in [0.1, 0.15) is 66.7 Å². The number of sulfonamides is 1. The predicted octanol–water partition coefficient (Wildman–Crippen LogP) is 4.31. The maximum atomic E-state index is 14.6. The number of benzene rings is 2. The summed E-state index contributed by atoms with van der Waals surface area (Å²) in [4.78, 5) is 62.2. The van der Waals surface area contributed by atoms with E-state index in [-0.39, 0.29) is 44.4 Å². The average Bonchev–Trinajstić information content (AvgIpc) is 4.07. The van der Waals surface area contributed by atoms with E-state index >= 15 is 0 Å². The third-order valence-corrected chi connectivity index (χ3v) is 12.7. The van der Waals surface area contributed by atoms with Crippen LogP contribution >= 0.6 is 0 Å². The Hall–Kier alpha value is -4.92. The fourth-order valence-corrected chi connectivity index (χ4v) is 8.82. The van der Waals surface area contributed by atoms with Crippen LogP contribution in [-0.2, 0) is 29.1 Å². The summed E-state index contributed by atoms with van der Waals surface area (Å²) in [5.41, 5.74) is -0.243. The second-order valence-electron chi connectivity index (χ2n) is 16.4. The fraction of sp³-hybridized carbons (Fsp3) is 0.525. The molecule has 55 heavy (non-hydrogen) atoms. The van der Waals surface area contributed by atoms with Gasteiger partial charge in [-0.15, -0.1) is 0 Å². The van der Waals surface area contributed by atoms with Crippen molar-refractivity contribution in [3.8, 4) is 22.8 Å². The summed E-state index contributed by atoms with van der Waals surface area (Å²) in [5.74, 6) is -1.39. The van der Waals surface area contributed by atoms with Gasteiger partial charge in [0.2, 0.25) is 21.8 Å². The Bertz CT molecular complexity index is 2120. The molecule has 4 amide bonds. The van der Waals surface area contributed by atoms with Gasteiger partial charge in [0.05, 0.1) is 30.5 Å². The highest BCUT2D eigenvalue weighted by atomic mass is 32.2. The van der Waals surface area contributed by atoms with Crippen LogP contribution in [-0.4, -0.2) is 90.9 Å². The third-order valence-electron chi connectivity index (χ3n) is 10.9. The van der Waals surface area contributed by atoms with Gasteiger partial charge in [-0.1, -0.05) is 71.4 Å². The van der Waals surface area contributed by atoms with Gasteiger partial charge in [0.15, 0.2) is 0 Å². The summed E-state index contributed by atoms with van der Waals surface area (Å²) in [6, 6.07) is 14.7. The van der Waals surface area contributed by atoms with E-state index in [9.17, 15) is 27.6 Å². The normalized spacial score (nSPS) is 27.3. The van der Waals surface area contributed by atoms with E-state index in [4.69, 9.17) is 19.2 Å². The number of nitrogens with one attached hydrogen (secondary N) is 3. The number of fused-ring (bicyclic) bond motifs is 7.